The van der Waals surface area contributed by atoms with Crippen molar-refractivity contribution in [2.75, 3.05) is 18.0 Å². The van der Waals surface area contributed by atoms with Crippen molar-refractivity contribution in [3.8, 4) is 5.75 Å². The number of nitrogens with one attached hydrogen (secondary N) is 1. The van der Waals surface area contributed by atoms with E-state index in [1.165, 1.54) is 4.90 Å². The normalized spacial score (nSPS) is 12.7. The number of sulfonamides is 1. The number of aryl methyl sites for hydroxylation is 3. The zero-order chi connectivity index (χ0) is 31.0. The second-order valence-corrected chi connectivity index (χ2v) is 12.6. The van der Waals surface area contributed by atoms with Crippen molar-refractivity contribution in [2.24, 2.45) is 0 Å². The van der Waals surface area contributed by atoms with Crippen LogP contribution in [0.15, 0.2) is 71.6 Å². The molecule has 2 amide bonds. The highest BCUT2D eigenvalue weighted by molar-refractivity contribution is 7.92. The van der Waals surface area contributed by atoms with Crippen LogP contribution in [0.1, 0.15) is 55.9 Å². The van der Waals surface area contributed by atoms with Gasteiger partial charge in [0, 0.05) is 12.6 Å². The van der Waals surface area contributed by atoms with Gasteiger partial charge in [0.05, 0.1) is 17.7 Å². The van der Waals surface area contributed by atoms with Crippen LogP contribution in [0.3, 0.4) is 0 Å². The molecule has 0 saturated heterocycles. The van der Waals surface area contributed by atoms with Crippen LogP contribution in [0.2, 0.25) is 0 Å². The molecule has 42 heavy (non-hydrogen) atoms. The van der Waals surface area contributed by atoms with Crippen molar-refractivity contribution >= 4 is 27.5 Å². The minimum atomic E-state index is -4.12. The summed E-state index contributed by atoms with van der Waals surface area (Å²) in [5.74, 6) is -0.0803. The lowest BCUT2D eigenvalue weighted by Gasteiger charge is -2.34. The smallest absolute Gasteiger partial charge is 0.264 e. The Morgan fingerprint density at radius 1 is 0.857 bits per heavy atom. The highest BCUT2D eigenvalue weighted by Crippen LogP contribution is 2.27. The summed E-state index contributed by atoms with van der Waals surface area (Å²) in [5, 5.41) is 3.00. The maximum atomic E-state index is 14.2. The third-order valence-electron chi connectivity index (χ3n) is 7.28. The molecule has 0 unspecified atom stereocenters. The fourth-order valence-electron chi connectivity index (χ4n) is 4.75. The van der Waals surface area contributed by atoms with Gasteiger partial charge in [-0.2, -0.15) is 0 Å². The van der Waals surface area contributed by atoms with Crippen LogP contribution in [0.25, 0.3) is 0 Å². The summed E-state index contributed by atoms with van der Waals surface area (Å²) in [7, 11) is -2.55. The van der Waals surface area contributed by atoms with Gasteiger partial charge in [0.2, 0.25) is 11.8 Å². The van der Waals surface area contributed by atoms with Gasteiger partial charge in [0.25, 0.3) is 10.0 Å². The molecule has 0 spiro atoms. The van der Waals surface area contributed by atoms with E-state index >= 15 is 0 Å². The second-order valence-electron chi connectivity index (χ2n) is 10.8. The van der Waals surface area contributed by atoms with Crippen molar-refractivity contribution in [1.82, 2.24) is 10.2 Å². The first-order valence-electron chi connectivity index (χ1n) is 14.3. The number of hydrogen-bond donors (Lipinski definition) is 1. The maximum Gasteiger partial charge on any atom is 0.264 e. The summed E-state index contributed by atoms with van der Waals surface area (Å²) in [6.45, 7) is 11.0. The molecule has 9 heteroatoms. The average molecular weight is 594 g/mol. The van der Waals surface area contributed by atoms with E-state index in [2.05, 4.69) is 5.32 Å². The first-order chi connectivity index (χ1) is 19.9. The number of amides is 2. The van der Waals surface area contributed by atoms with Gasteiger partial charge in [0.1, 0.15) is 18.3 Å². The molecule has 0 saturated carbocycles. The molecule has 0 radical (unpaired) electrons. The standard InChI is InChI=1S/C33H43N3O5S/c1-8-26(6)34-33(38)31(9-2)35(21-27-12-14-29(41-7)15-13-27)32(37)22-36(28-19-24(4)18-25(5)20-28)42(39,40)30-16-10-23(3)11-17-30/h10-20,26,31H,8-9,21-22H2,1-7H3,(H,34,38)/t26-,31+/m0/s1. The fraction of sp³-hybridized carbons (Fsp3) is 0.394. The van der Waals surface area contributed by atoms with Crippen molar-refractivity contribution in [1.29, 1.82) is 0 Å². The van der Waals surface area contributed by atoms with Gasteiger partial charge < -0.3 is 15.0 Å². The number of rotatable bonds is 13. The quantitative estimate of drug-likeness (QED) is 0.281. The van der Waals surface area contributed by atoms with Crippen LogP contribution >= 0.6 is 0 Å². The number of methoxy groups -OCH3 is 1. The van der Waals surface area contributed by atoms with Crippen molar-refractivity contribution in [2.45, 2.75) is 77.9 Å². The van der Waals surface area contributed by atoms with Crippen LogP contribution in [-0.2, 0) is 26.2 Å². The van der Waals surface area contributed by atoms with E-state index in [1.807, 2.05) is 59.7 Å². The third-order valence-corrected chi connectivity index (χ3v) is 9.07. The third kappa shape index (κ3) is 8.12. The van der Waals surface area contributed by atoms with E-state index in [4.69, 9.17) is 4.74 Å². The number of hydrogen-bond acceptors (Lipinski definition) is 5. The monoisotopic (exact) mass is 593 g/mol. The number of benzene rings is 3. The Bertz CT molecular complexity index is 1450. The Morgan fingerprint density at radius 2 is 1.45 bits per heavy atom. The molecule has 0 heterocycles. The average Bonchev–Trinajstić information content (AvgIpc) is 2.95. The van der Waals surface area contributed by atoms with Crippen LogP contribution < -0.4 is 14.4 Å². The molecule has 3 aromatic rings. The summed E-state index contributed by atoms with van der Waals surface area (Å²) in [6.07, 6.45) is 1.10. The molecule has 0 aliphatic carbocycles. The zero-order valence-corrected chi connectivity index (χ0v) is 26.5. The lowest BCUT2D eigenvalue weighted by Crippen LogP contribution is -2.53. The van der Waals surface area contributed by atoms with E-state index in [0.717, 1.165) is 33.0 Å². The molecule has 8 nitrogen and oxygen atoms in total. The Balaban J connectivity index is 2.09. The topological polar surface area (TPSA) is 96.0 Å². The molecule has 0 fully saturated rings. The predicted octanol–water partition coefficient (Wildman–Crippen LogP) is 5.54. The van der Waals surface area contributed by atoms with E-state index in [1.54, 1.807) is 55.6 Å². The number of carbonyl (C=O) groups is 2. The molecule has 3 rings (SSSR count). The molecule has 0 aliphatic rings. The van der Waals surface area contributed by atoms with E-state index in [0.29, 0.717) is 17.9 Å². The zero-order valence-electron chi connectivity index (χ0n) is 25.7. The van der Waals surface area contributed by atoms with Crippen LogP contribution in [0, 0.1) is 20.8 Å². The lowest BCUT2D eigenvalue weighted by atomic mass is 10.1. The SMILES string of the molecule is CC[C@H](C(=O)N[C@@H](C)CC)N(Cc1ccc(OC)cc1)C(=O)CN(c1cc(C)cc(C)c1)S(=O)(=O)c1ccc(C)cc1. The van der Waals surface area contributed by atoms with Crippen LogP contribution in [0.5, 0.6) is 5.75 Å². The highest BCUT2D eigenvalue weighted by Gasteiger charge is 2.34. The van der Waals surface area contributed by atoms with Crippen molar-refractivity contribution < 1.29 is 22.7 Å². The fourth-order valence-corrected chi connectivity index (χ4v) is 6.15. The second kappa shape index (κ2) is 14.4. The predicted molar refractivity (Wildman–Crippen MR) is 167 cm³/mol. The molecule has 2 atom stereocenters. The maximum absolute atomic E-state index is 14.2. The summed E-state index contributed by atoms with van der Waals surface area (Å²) in [4.78, 5) is 29.2. The summed E-state index contributed by atoms with van der Waals surface area (Å²) < 4.78 is 34.6. The first-order valence-corrected chi connectivity index (χ1v) is 15.7. The van der Waals surface area contributed by atoms with Gasteiger partial charge in [0.15, 0.2) is 0 Å². The van der Waals surface area contributed by atoms with Gasteiger partial charge in [-0.25, -0.2) is 8.42 Å². The molecule has 3 aromatic carbocycles. The summed E-state index contributed by atoms with van der Waals surface area (Å²) in [6, 6.07) is 18.4. The van der Waals surface area contributed by atoms with Gasteiger partial charge in [-0.3, -0.25) is 13.9 Å². The van der Waals surface area contributed by atoms with E-state index in [-0.39, 0.29) is 23.4 Å². The summed E-state index contributed by atoms with van der Waals surface area (Å²) >= 11 is 0. The molecular weight excluding hydrogens is 550 g/mol. The van der Waals surface area contributed by atoms with E-state index in [9.17, 15) is 18.0 Å². The van der Waals surface area contributed by atoms with Gasteiger partial charge in [-0.15, -0.1) is 0 Å². The van der Waals surface area contributed by atoms with Crippen LogP contribution in [-0.4, -0.2) is 50.9 Å². The molecule has 0 aliphatic heterocycles. The number of nitrogens with zero attached hydrogens (tertiary/aromatic N) is 2. The largest absolute Gasteiger partial charge is 0.497 e. The molecule has 1 N–H and O–H groups in total. The molecule has 226 valence electrons. The minimum absolute atomic E-state index is 0.0711. The van der Waals surface area contributed by atoms with Crippen LogP contribution in [0.4, 0.5) is 5.69 Å². The first kappa shape index (κ1) is 32.7. The van der Waals surface area contributed by atoms with Crippen molar-refractivity contribution in [3.63, 3.8) is 0 Å². The number of carbonyl (C=O) groups excluding carboxylic acids is 2. The van der Waals surface area contributed by atoms with Gasteiger partial charge in [-0.05, 0) is 93.6 Å². The highest BCUT2D eigenvalue weighted by atomic mass is 32.2. The Hall–Kier alpha value is -3.85. The number of anilines is 1. The Morgan fingerprint density at radius 3 is 1.98 bits per heavy atom. The van der Waals surface area contributed by atoms with Gasteiger partial charge >= 0.3 is 0 Å². The van der Waals surface area contributed by atoms with E-state index < -0.39 is 28.5 Å². The lowest BCUT2D eigenvalue weighted by molar-refractivity contribution is -0.140. The Kier molecular flexibility index (Phi) is 11.2. The molecule has 0 aromatic heterocycles. The summed E-state index contributed by atoms with van der Waals surface area (Å²) in [5.41, 5.74) is 3.85. The minimum Gasteiger partial charge on any atom is -0.497 e. The Labute approximate surface area is 250 Å². The number of ether oxygens (including phenoxy) is 1. The van der Waals surface area contributed by atoms with Gasteiger partial charge in [-0.1, -0.05) is 49.7 Å². The molecule has 0 bridgehead atoms. The molecular formula is C33H43N3O5S. The van der Waals surface area contributed by atoms with Crippen molar-refractivity contribution in [3.05, 3.63) is 89.0 Å².